The fraction of sp³-hybridized carbons (Fsp3) is 0.316. The summed E-state index contributed by atoms with van der Waals surface area (Å²) in [5.74, 6) is 0.262. The average molecular weight is 392 g/mol. The first-order valence-electron chi connectivity index (χ1n) is 8.59. The molecule has 0 aromatic carbocycles. The van der Waals surface area contributed by atoms with Gasteiger partial charge in [0.25, 0.3) is 0 Å². The Morgan fingerprint density at radius 1 is 1.33 bits per heavy atom. The Bertz CT molecular complexity index is 885. The van der Waals surface area contributed by atoms with Crippen LogP contribution < -0.4 is 4.90 Å². The highest BCUT2D eigenvalue weighted by atomic mass is 35.5. The van der Waals surface area contributed by atoms with E-state index in [2.05, 4.69) is 9.98 Å². The van der Waals surface area contributed by atoms with Gasteiger partial charge >= 0.3 is 5.97 Å². The molecular formula is C19H22ClN3O4. The molecule has 3 heterocycles. The number of allylic oxidation sites excluding steroid dienone is 1. The minimum absolute atomic E-state index is 0. The highest BCUT2D eigenvalue weighted by molar-refractivity contribution is 6.21. The lowest BCUT2D eigenvalue weighted by Crippen LogP contribution is -2.23. The van der Waals surface area contributed by atoms with Crippen molar-refractivity contribution in [3.63, 3.8) is 0 Å². The number of halogens is 1. The van der Waals surface area contributed by atoms with Gasteiger partial charge < -0.3 is 19.2 Å². The molecule has 0 saturated heterocycles. The number of aliphatic imine (C=N–C) groups is 1. The van der Waals surface area contributed by atoms with Crippen molar-refractivity contribution in [3.05, 3.63) is 35.2 Å². The van der Waals surface area contributed by atoms with Crippen LogP contribution >= 0.6 is 12.4 Å². The number of aromatic hydroxyl groups is 1. The van der Waals surface area contributed by atoms with Crippen LogP contribution in [0.3, 0.4) is 0 Å². The number of fused-ring (bicyclic) bond motifs is 1. The highest BCUT2D eigenvalue weighted by Gasteiger charge is 2.29. The zero-order chi connectivity index (χ0) is 18.7. The van der Waals surface area contributed by atoms with Crippen LogP contribution in [0.4, 0.5) is 11.7 Å². The van der Waals surface area contributed by atoms with Crippen LogP contribution in [-0.2, 0) is 4.74 Å². The molecule has 1 aliphatic heterocycles. The number of hydrogen-bond donors (Lipinski definition) is 1. The van der Waals surface area contributed by atoms with Crippen LogP contribution in [-0.4, -0.2) is 42.0 Å². The van der Waals surface area contributed by atoms with E-state index >= 15 is 0 Å². The molecule has 144 valence electrons. The minimum Gasteiger partial charge on any atom is -0.504 e. The molecule has 0 spiro atoms. The van der Waals surface area contributed by atoms with Crippen molar-refractivity contribution >= 4 is 47.9 Å². The Kier molecular flexibility index (Phi) is 6.63. The first-order valence-corrected chi connectivity index (χ1v) is 8.59. The number of esters is 1. The van der Waals surface area contributed by atoms with Gasteiger partial charge in [0.1, 0.15) is 0 Å². The van der Waals surface area contributed by atoms with E-state index in [1.54, 1.807) is 25.4 Å². The van der Waals surface area contributed by atoms with Gasteiger partial charge in [-0.2, -0.15) is 0 Å². The van der Waals surface area contributed by atoms with Crippen molar-refractivity contribution in [1.29, 1.82) is 0 Å². The van der Waals surface area contributed by atoms with Gasteiger partial charge in [-0.1, -0.05) is 0 Å². The predicted octanol–water partition coefficient (Wildman–Crippen LogP) is 4.08. The molecule has 0 unspecified atom stereocenters. The molecule has 7 nitrogen and oxygen atoms in total. The van der Waals surface area contributed by atoms with E-state index in [-0.39, 0.29) is 36.1 Å². The second kappa shape index (κ2) is 8.73. The van der Waals surface area contributed by atoms with Gasteiger partial charge in [-0.15, -0.1) is 12.4 Å². The smallest absolute Gasteiger partial charge is 0.347 e. The number of aromatic nitrogens is 1. The molecule has 3 rings (SSSR count). The van der Waals surface area contributed by atoms with Crippen molar-refractivity contribution in [2.75, 3.05) is 24.6 Å². The normalized spacial score (nSPS) is 13.4. The zero-order valence-electron chi connectivity index (χ0n) is 15.4. The molecule has 27 heavy (non-hydrogen) atoms. The number of pyridine rings is 1. The topological polar surface area (TPSA) is 88.2 Å². The van der Waals surface area contributed by atoms with Crippen LogP contribution in [0.2, 0.25) is 0 Å². The number of carbonyl (C=O) groups excluding carboxylic acids is 1. The Morgan fingerprint density at radius 2 is 2.07 bits per heavy atom. The second-order valence-corrected chi connectivity index (χ2v) is 5.62. The lowest BCUT2D eigenvalue weighted by molar-refractivity contribution is 0.0523. The van der Waals surface area contributed by atoms with Crippen molar-refractivity contribution in [1.82, 2.24) is 4.98 Å². The molecule has 0 saturated carbocycles. The van der Waals surface area contributed by atoms with E-state index in [9.17, 15) is 9.90 Å². The van der Waals surface area contributed by atoms with Crippen molar-refractivity contribution in [2.24, 2.45) is 4.99 Å². The minimum atomic E-state index is -0.609. The van der Waals surface area contributed by atoms with Crippen molar-refractivity contribution in [2.45, 2.75) is 20.8 Å². The lowest BCUT2D eigenvalue weighted by atomic mass is 10.1. The maximum Gasteiger partial charge on any atom is 0.347 e. The maximum atomic E-state index is 12.3. The number of carbonyl (C=O) groups is 1. The van der Waals surface area contributed by atoms with Gasteiger partial charge in [0, 0.05) is 36.6 Å². The third-order valence-corrected chi connectivity index (χ3v) is 4.13. The van der Waals surface area contributed by atoms with Crippen LogP contribution in [0, 0.1) is 0 Å². The Morgan fingerprint density at radius 3 is 2.74 bits per heavy atom. The number of ether oxygens (including phenoxy) is 1. The van der Waals surface area contributed by atoms with E-state index in [0.717, 1.165) is 11.1 Å². The number of nitrogens with zero attached hydrogens (tertiary/aromatic N) is 3. The van der Waals surface area contributed by atoms with Crippen LogP contribution in [0.15, 0.2) is 27.7 Å². The van der Waals surface area contributed by atoms with Crippen LogP contribution in [0.5, 0.6) is 5.75 Å². The van der Waals surface area contributed by atoms with Crippen molar-refractivity contribution in [3.8, 4) is 5.75 Å². The van der Waals surface area contributed by atoms with Gasteiger partial charge in [0.15, 0.2) is 22.9 Å². The van der Waals surface area contributed by atoms with Gasteiger partial charge in [-0.25, -0.2) is 14.8 Å². The van der Waals surface area contributed by atoms with Gasteiger partial charge in [0.05, 0.1) is 6.61 Å². The number of furan rings is 1. The summed E-state index contributed by atoms with van der Waals surface area (Å²) in [6.45, 7) is 7.07. The third-order valence-electron chi connectivity index (χ3n) is 4.13. The highest BCUT2D eigenvalue weighted by Crippen LogP contribution is 2.39. The Labute approximate surface area is 163 Å². The summed E-state index contributed by atoms with van der Waals surface area (Å²) in [6, 6.07) is 3.70. The summed E-state index contributed by atoms with van der Waals surface area (Å²) in [4.78, 5) is 22.6. The summed E-state index contributed by atoms with van der Waals surface area (Å²) >= 11 is 0. The lowest BCUT2D eigenvalue weighted by Gasteiger charge is -2.18. The van der Waals surface area contributed by atoms with E-state index < -0.39 is 5.97 Å². The summed E-state index contributed by atoms with van der Waals surface area (Å²) in [6.07, 6.45) is 4.98. The zero-order valence-corrected chi connectivity index (χ0v) is 16.2. The molecule has 1 N–H and O–H groups in total. The van der Waals surface area contributed by atoms with Gasteiger partial charge in [0.2, 0.25) is 5.88 Å². The quantitative estimate of drug-likeness (QED) is 0.746. The SMILES string of the molecule is CCOC(=O)c1c(N(CC)CC)oc(C=C2C=Nc3ncccc32)c1O.Cl. The van der Waals surface area contributed by atoms with E-state index in [1.807, 2.05) is 30.9 Å². The molecule has 2 aromatic heterocycles. The van der Waals surface area contributed by atoms with Crippen molar-refractivity contribution < 1.29 is 19.1 Å². The summed E-state index contributed by atoms with van der Waals surface area (Å²) < 4.78 is 10.9. The maximum absolute atomic E-state index is 12.3. The summed E-state index contributed by atoms with van der Waals surface area (Å²) in [5.41, 5.74) is 1.63. The average Bonchev–Trinajstić information content (AvgIpc) is 3.19. The van der Waals surface area contributed by atoms with E-state index in [0.29, 0.717) is 24.8 Å². The first-order chi connectivity index (χ1) is 12.6. The van der Waals surface area contributed by atoms with E-state index in [1.165, 1.54) is 0 Å². The molecule has 8 heteroatoms. The van der Waals surface area contributed by atoms with E-state index in [4.69, 9.17) is 9.15 Å². The summed E-state index contributed by atoms with van der Waals surface area (Å²) in [7, 11) is 0. The van der Waals surface area contributed by atoms with Gasteiger partial charge in [-0.3, -0.25) is 0 Å². The van der Waals surface area contributed by atoms with Crippen LogP contribution in [0.25, 0.3) is 11.6 Å². The molecule has 2 aromatic rings. The van der Waals surface area contributed by atoms with Crippen LogP contribution in [0.1, 0.15) is 42.5 Å². The molecule has 0 aliphatic carbocycles. The third kappa shape index (κ3) is 3.83. The fourth-order valence-corrected chi connectivity index (χ4v) is 2.83. The predicted molar refractivity (Wildman–Crippen MR) is 107 cm³/mol. The first kappa shape index (κ1) is 20.5. The molecule has 0 fully saturated rings. The molecule has 1 aliphatic rings. The summed E-state index contributed by atoms with van der Waals surface area (Å²) in [5, 5.41) is 10.6. The molecular weight excluding hydrogens is 370 g/mol. The number of hydrogen-bond acceptors (Lipinski definition) is 7. The number of anilines is 1. The second-order valence-electron chi connectivity index (χ2n) is 5.62. The molecule has 0 bridgehead atoms. The fourth-order valence-electron chi connectivity index (χ4n) is 2.83. The molecule has 0 radical (unpaired) electrons. The van der Waals surface area contributed by atoms with Gasteiger partial charge in [-0.05, 0) is 39.0 Å². The number of rotatable bonds is 6. The monoisotopic (exact) mass is 391 g/mol. The Balaban J connectivity index is 0.00000261. The molecule has 0 amide bonds. The Hall–Kier alpha value is -2.80. The molecule has 0 atom stereocenters. The standard InChI is InChI=1S/C19H21N3O4.ClH/c1-4-22(5-2)18-15(19(24)25-6-3)16(23)14(26-18)10-12-11-21-17-13(12)8-7-9-20-17;/h7-11,23H,4-6H2,1-3H3;1H. The largest absolute Gasteiger partial charge is 0.504 e.